The van der Waals surface area contributed by atoms with Crippen LogP contribution in [-0.2, 0) is 0 Å². The zero-order valence-electron chi connectivity index (χ0n) is 10.8. The van der Waals surface area contributed by atoms with E-state index in [0.29, 0.717) is 32.8 Å². The van der Waals surface area contributed by atoms with Gasteiger partial charge in [0.2, 0.25) is 11.6 Å². The van der Waals surface area contributed by atoms with E-state index in [4.69, 9.17) is 23.2 Å². The molecular weight excluding hydrogens is 455 g/mol. The van der Waals surface area contributed by atoms with Crippen LogP contribution in [-0.4, -0.2) is 20.4 Å². The van der Waals surface area contributed by atoms with Crippen LogP contribution < -0.4 is 0 Å². The van der Waals surface area contributed by atoms with Crippen LogP contribution in [0.15, 0.2) is 45.3 Å². The Bertz CT molecular complexity index is 730. The second-order valence-corrected chi connectivity index (χ2v) is 6.76. The largest absolute Gasteiger partial charge is 0.206 e. The van der Waals surface area contributed by atoms with Crippen LogP contribution in [0, 0.1) is 0 Å². The predicted molar refractivity (Wildman–Crippen MR) is 93.9 cm³/mol. The molecule has 0 amide bonds. The van der Waals surface area contributed by atoms with E-state index in [2.05, 4.69) is 52.3 Å². The monoisotopic (exact) mass is 458 g/mol. The van der Waals surface area contributed by atoms with Gasteiger partial charge >= 0.3 is 0 Å². The lowest BCUT2D eigenvalue weighted by atomic mass is 10.2. The average Bonchev–Trinajstić information content (AvgIpc) is 2.48. The standard InChI is InChI=1S/C14H6Br2Cl2N4/c15-7-3-1-5-9(17)11(7)13-19-21-14(22-20-13)12-8(16)4-2-6-10(12)18/h1-6H. The minimum Gasteiger partial charge on any atom is -0.126 e. The van der Waals surface area contributed by atoms with Crippen molar-refractivity contribution in [1.82, 2.24) is 20.4 Å². The zero-order chi connectivity index (χ0) is 15.7. The first-order chi connectivity index (χ1) is 10.6. The molecule has 0 fully saturated rings. The summed E-state index contributed by atoms with van der Waals surface area (Å²) in [5.74, 6) is 0.675. The molecule has 0 atom stereocenters. The van der Waals surface area contributed by atoms with Gasteiger partial charge in [-0.1, -0.05) is 35.3 Å². The summed E-state index contributed by atoms with van der Waals surface area (Å²) in [4.78, 5) is 0. The van der Waals surface area contributed by atoms with Gasteiger partial charge < -0.3 is 0 Å². The van der Waals surface area contributed by atoms with Crippen LogP contribution in [0.5, 0.6) is 0 Å². The van der Waals surface area contributed by atoms with E-state index in [0.717, 1.165) is 8.95 Å². The molecule has 8 heteroatoms. The number of benzene rings is 2. The lowest BCUT2D eigenvalue weighted by Crippen LogP contribution is -2.01. The fourth-order valence-corrected chi connectivity index (χ4v) is 3.69. The minimum atomic E-state index is 0.337. The Morgan fingerprint density at radius 3 is 1.32 bits per heavy atom. The number of halogens is 4. The van der Waals surface area contributed by atoms with E-state index in [-0.39, 0.29) is 0 Å². The molecule has 0 unspecified atom stereocenters. The first kappa shape index (κ1) is 15.8. The van der Waals surface area contributed by atoms with Crippen LogP contribution in [0.25, 0.3) is 22.8 Å². The molecule has 0 spiro atoms. The van der Waals surface area contributed by atoms with Crippen molar-refractivity contribution < 1.29 is 0 Å². The maximum absolute atomic E-state index is 6.18. The van der Waals surface area contributed by atoms with Gasteiger partial charge in [-0.25, -0.2) is 0 Å². The van der Waals surface area contributed by atoms with E-state index in [9.17, 15) is 0 Å². The molecule has 0 radical (unpaired) electrons. The van der Waals surface area contributed by atoms with Crippen molar-refractivity contribution in [1.29, 1.82) is 0 Å². The van der Waals surface area contributed by atoms with Gasteiger partial charge in [0.1, 0.15) is 0 Å². The predicted octanol–water partition coefficient (Wildman–Crippen LogP) is 5.43. The van der Waals surface area contributed by atoms with E-state index < -0.39 is 0 Å². The molecule has 22 heavy (non-hydrogen) atoms. The van der Waals surface area contributed by atoms with Gasteiger partial charge in [0.05, 0.1) is 21.2 Å². The maximum atomic E-state index is 6.18. The Morgan fingerprint density at radius 1 is 0.636 bits per heavy atom. The van der Waals surface area contributed by atoms with Gasteiger partial charge in [0, 0.05) is 8.95 Å². The van der Waals surface area contributed by atoms with E-state index in [1.54, 1.807) is 12.1 Å². The minimum absolute atomic E-state index is 0.337. The highest BCUT2D eigenvalue weighted by Crippen LogP contribution is 2.34. The number of hydrogen-bond donors (Lipinski definition) is 0. The van der Waals surface area contributed by atoms with E-state index in [1.165, 1.54) is 0 Å². The highest BCUT2D eigenvalue weighted by atomic mass is 79.9. The zero-order valence-corrected chi connectivity index (χ0v) is 15.4. The number of hydrogen-bond acceptors (Lipinski definition) is 4. The molecule has 0 aliphatic heterocycles. The Kier molecular flexibility index (Phi) is 4.73. The van der Waals surface area contributed by atoms with Gasteiger partial charge in [-0.15, -0.1) is 20.4 Å². The molecule has 3 aromatic rings. The summed E-state index contributed by atoms with van der Waals surface area (Å²) in [7, 11) is 0. The maximum Gasteiger partial charge on any atom is 0.206 e. The summed E-state index contributed by atoms with van der Waals surface area (Å²) in [5.41, 5.74) is 1.29. The molecule has 0 bridgehead atoms. The number of aromatic nitrogens is 4. The quantitative estimate of drug-likeness (QED) is 0.511. The summed E-state index contributed by atoms with van der Waals surface area (Å²) < 4.78 is 1.55. The first-order valence-electron chi connectivity index (χ1n) is 6.04. The second kappa shape index (κ2) is 6.58. The third-order valence-electron chi connectivity index (χ3n) is 2.85. The lowest BCUT2D eigenvalue weighted by molar-refractivity contribution is 0.875. The van der Waals surface area contributed by atoms with Crippen molar-refractivity contribution >= 4 is 55.1 Å². The SMILES string of the molecule is Clc1cccc(Br)c1-c1nnc(-c2c(Cl)cccc2Br)nn1. The van der Waals surface area contributed by atoms with Crippen molar-refractivity contribution in [2.75, 3.05) is 0 Å². The van der Waals surface area contributed by atoms with E-state index in [1.807, 2.05) is 24.3 Å². The van der Waals surface area contributed by atoms with Crippen molar-refractivity contribution in [2.24, 2.45) is 0 Å². The molecule has 110 valence electrons. The van der Waals surface area contributed by atoms with Crippen LogP contribution in [0.4, 0.5) is 0 Å². The van der Waals surface area contributed by atoms with Crippen molar-refractivity contribution in [3.05, 3.63) is 55.4 Å². The van der Waals surface area contributed by atoms with Gasteiger partial charge in [0.15, 0.2) is 0 Å². The molecule has 2 aromatic carbocycles. The van der Waals surface area contributed by atoms with Gasteiger partial charge in [-0.3, -0.25) is 0 Å². The second-order valence-electron chi connectivity index (χ2n) is 4.24. The summed E-state index contributed by atoms with van der Waals surface area (Å²) in [6.07, 6.45) is 0. The highest BCUT2D eigenvalue weighted by molar-refractivity contribution is 9.11. The molecule has 1 heterocycles. The highest BCUT2D eigenvalue weighted by Gasteiger charge is 2.15. The van der Waals surface area contributed by atoms with Crippen molar-refractivity contribution in [3.8, 4) is 22.8 Å². The molecule has 0 aliphatic rings. The summed E-state index contributed by atoms with van der Waals surface area (Å²) in [5, 5.41) is 17.5. The Morgan fingerprint density at radius 2 is 1.00 bits per heavy atom. The molecule has 3 rings (SSSR count). The molecule has 0 saturated heterocycles. The Hall–Kier alpha value is -1.08. The Balaban J connectivity index is 2.08. The van der Waals surface area contributed by atoms with Crippen LogP contribution in [0.1, 0.15) is 0 Å². The van der Waals surface area contributed by atoms with Crippen LogP contribution >= 0.6 is 55.1 Å². The molecule has 0 N–H and O–H groups in total. The van der Waals surface area contributed by atoms with Crippen LogP contribution in [0.2, 0.25) is 10.0 Å². The van der Waals surface area contributed by atoms with Crippen LogP contribution in [0.3, 0.4) is 0 Å². The Labute approximate surface area is 153 Å². The summed E-state index contributed by atoms with van der Waals surface area (Å²) >= 11 is 19.2. The first-order valence-corrected chi connectivity index (χ1v) is 8.38. The molecule has 1 aromatic heterocycles. The lowest BCUT2D eigenvalue weighted by Gasteiger charge is -2.06. The normalized spacial score (nSPS) is 10.7. The number of nitrogens with zero attached hydrogens (tertiary/aromatic N) is 4. The third-order valence-corrected chi connectivity index (χ3v) is 4.80. The molecule has 0 saturated carbocycles. The third kappa shape index (κ3) is 3.01. The smallest absolute Gasteiger partial charge is 0.126 e. The fraction of sp³-hybridized carbons (Fsp3) is 0. The molecular formula is C14H6Br2Cl2N4. The fourth-order valence-electron chi connectivity index (χ4n) is 1.85. The van der Waals surface area contributed by atoms with Crippen molar-refractivity contribution in [3.63, 3.8) is 0 Å². The number of rotatable bonds is 2. The molecule has 0 aliphatic carbocycles. The van der Waals surface area contributed by atoms with E-state index >= 15 is 0 Å². The topological polar surface area (TPSA) is 51.6 Å². The van der Waals surface area contributed by atoms with Gasteiger partial charge in [-0.05, 0) is 56.1 Å². The summed E-state index contributed by atoms with van der Waals surface area (Å²) in [6, 6.07) is 10.9. The van der Waals surface area contributed by atoms with Gasteiger partial charge in [-0.2, -0.15) is 0 Å². The molecule has 4 nitrogen and oxygen atoms in total. The average molecular weight is 461 g/mol. The summed E-state index contributed by atoms with van der Waals surface area (Å²) in [6.45, 7) is 0. The van der Waals surface area contributed by atoms with Gasteiger partial charge in [0.25, 0.3) is 0 Å². The van der Waals surface area contributed by atoms with Crippen molar-refractivity contribution in [2.45, 2.75) is 0 Å².